The SMILES string of the molecule is COc1ccc2c(n1)c(-c1ccc[nH]c1=O)c(C(=O)NS(C)(=O)=O)n2Cc1ccccc1F. The number of sulfonamides is 1. The molecule has 33 heavy (non-hydrogen) atoms. The summed E-state index contributed by atoms with van der Waals surface area (Å²) in [6.07, 6.45) is 2.26. The molecule has 0 saturated heterocycles. The van der Waals surface area contributed by atoms with Gasteiger partial charge in [-0.1, -0.05) is 18.2 Å². The van der Waals surface area contributed by atoms with Crippen molar-refractivity contribution in [2.24, 2.45) is 0 Å². The highest BCUT2D eigenvalue weighted by atomic mass is 32.2. The Bertz CT molecular complexity index is 1540. The van der Waals surface area contributed by atoms with Crippen molar-refractivity contribution < 1.29 is 22.3 Å². The standard InChI is InChI=1S/C22H19FN4O5S/c1-32-17-10-9-16-19(25-17)18(14-7-5-11-24-21(14)28)20(22(29)26-33(2,30)31)27(16)12-13-6-3-4-8-15(13)23/h3-11H,12H2,1-2H3,(H,24,28)(H,26,29). The lowest BCUT2D eigenvalue weighted by molar-refractivity contribution is 0.0974. The number of H-pyrrole nitrogens is 1. The number of ether oxygens (including phenoxy) is 1. The van der Waals surface area contributed by atoms with Crippen molar-refractivity contribution in [3.8, 4) is 17.0 Å². The number of rotatable bonds is 6. The highest BCUT2D eigenvalue weighted by Gasteiger charge is 2.28. The number of aromatic nitrogens is 3. The molecule has 1 amide bonds. The van der Waals surface area contributed by atoms with E-state index in [1.165, 1.54) is 36.1 Å². The summed E-state index contributed by atoms with van der Waals surface area (Å²) in [7, 11) is -2.53. The van der Waals surface area contributed by atoms with Crippen molar-refractivity contribution in [1.82, 2.24) is 19.3 Å². The first-order valence-corrected chi connectivity index (χ1v) is 11.6. The Hall–Kier alpha value is -3.99. The summed E-state index contributed by atoms with van der Waals surface area (Å²) < 4.78 is 46.8. The number of hydrogen-bond acceptors (Lipinski definition) is 6. The van der Waals surface area contributed by atoms with Gasteiger partial charge in [-0.15, -0.1) is 0 Å². The molecule has 0 spiro atoms. The van der Waals surface area contributed by atoms with Crippen LogP contribution in [0.5, 0.6) is 5.88 Å². The number of methoxy groups -OCH3 is 1. The molecule has 0 atom stereocenters. The van der Waals surface area contributed by atoms with Crippen molar-refractivity contribution in [3.05, 3.63) is 82.2 Å². The number of hydrogen-bond donors (Lipinski definition) is 2. The molecule has 0 aliphatic heterocycles. The fourth-order valence-electron chi connectivity index (χ4n) is 3.60. The summed E-state index contributed by atoms with van der Waals surface area (Å²) >= 11 is 0. The first-order valence-electron chi connectivity index (χ1n) is 9.70. The van der Waals surface area contributed by atoms with Crippen LogP contribution >= 0.6 is 0 Å². The smallest absolute Gasteiger partial charge is 0.282 e. The van der Waals surface area contributed by atoms with Gasteiger partial charge in [-0.25, -0.2) is 22.5 Å². The fourth-order valence-corrected chi connectivity index (χ4v) is 4.04. The Morgan fingerprint density at radius 3 is 2.61 bits per heavy atom. The van der Waals surface area contributed by atoms with Gasteiger partial charge in [0.1, 0.15) is 17.0 Å². The number of nitrogens with zero attached hydrogens (tertiary/aromatic N) is 2. The number of aromatic amines is 1. The zero-order valence-electron chi connectivity index (χ0n) is 17.6. The Morgan fingerprint density at radius 1 is 1.18 bits per heavy atom. The van der Waals surface area contributed by atoms with Gasteiger partial charge in [-0.05, 0) is 24.3 Å². The lowest BCUT2D eigenvalue weighted by Gasteiger charge is -2.12. The van der Waals surface area contributed by atoms with E-state index in [2.05, 4.69) is 9.97 Å². The molecule has 0 aliphatic rings. The molecule has 2 N–H and O–H groups in total. The number of benzene rings is 1. The summed E-state index contributed by atoms with van der Waals surface area (Å²) in [5.74, 6) is -1.27. The van der Waals surface area contributed by atoms with E-state index in [0.29, 0.717) is 5.52 Å². The second-order valence-corrected chi connectivity index (χ2v) is 8.99. The van der Waals surface area contributed by atoms with Crippen LogP contribution in [0.4, 0.5) is 4.39 Å². The maximum absolute atomic E-state index is 14.5. The molecule has 0 bridgehead atoms. The van der Waals surface area contributed by atoms with E-state index < -0.39 is 27.3 Å². The second-order valence-electron chi connectivity index (χ2n) is 7.24. The van der Waals surface area contributed by atoms with Crippen LogP contribution in [-0.2, 0) is 16.6 Å². The molecule has 4 aromatic rings. The van der Waals surface area contributed by atoms with Gasteiger partial charge in [0.25, 0.3) is 11.5 Å². The van der Waals surface area contributed by atoms with Gasteiger partial charge in [0.2, 0.25) is 15.9 Å². The lowest BCUT2D eigenvalue weighted by Crippen LogP contribution is -2.32. The predicted octanol–water partition coefficient (Wildman–Crippen LogP) is 2.28. The largest absolute Gasteiger partial charge is 0.481 e. The van der Waals surface area contributed by atoms with Crippen LogP contribution in [0.2, 0.25) is 0 Å². The number of carbonyl (C=O) groups is 1. The average molecular weight is 470 g/mol. The number of pyridine rings is 2. The van der Waals surface area contributed by atoms with Crippen molar-refractivity contribution in [2.75, 3.05) is 13.4 Å². The van der Waals surface area contributed by atoms with Crippen LogP contribution in [0.1, 0.15) is 16.1 Å². The normalized spacial score (nSPS) is 11.5. The van der Waals surface area contributed by atoms with Crippen LogP contribution in [-0.4, -0.2) is 42.2 Å². The molecule has 3 aromatic heterocycles. The molecule has 0 unspecified atom stereocenters. The quantitative estimate of drug-likeness (QED) is 0.446. The van der Waals surface area contributed by atoms with Crippen molar-refractivity contribution >= 4 is 27.0 Å². The molecule has 1 aromatic carbocycles. The summed E-state index contributed by atoms with van der Waals surface area (Å²) in [5.41, 5.74) is 0.387. The first-order chi connectivity index (χ1) is 15.7. The Balaban J connectivity index is 2.11. The van der Waals surface area contributed by atoms with E-state index in [4.69, 9.17) is 4.74 Å². The first kappa shape index (κ1) is 22.2. The third-order valence-electron chi connectivity index (χ3n) is 4.96. The number of fused-ring (bicyclic) bond motifs is 1. The van der Waals surface area contributed by atoms with Gasteiger partial charge in [0.05, 0.1) is 31.0 Å². The minimum Gasteiger partial charge on any atom is -0.481 e. The third kappa shape index (κ3) is 4.35. The minimum atomic E-state index is -3.95. The van der Waals surface area contributed by atoms with Crippen LogP contribution in [0.25, 0.3) is 22.2 Å². The summed E-state index contributed by atoms with van der Waals surface area (Å²) in [5, 5.41) is 0. The maximum atomic E-state index is 14.5. The molecule has 9 nitrogen and oxygen atoms in total. The van der Waals surface area contributed by atoms with E-state index in [1.54, 1.807) is 30.3 Å². The summed E-state index contributed by atoms with van der Waals surface area (Å²) in [6.45, 7) is -0.117. The highest BCUT2D eigenvalue weighted by molar-refractivity contribution is 7.89. The fraction of sp³-hybridized carbons (Fsp3) is 0.136. The molecule has 3 heterocycles. The minimum absolute atomic E-state index is 0.0918. The van der Waals surface area contributed by atoms with Crippen molar-refractivity contribution in [3.63, 3.8) is 0 Å². The monoisotopic (exact) mass is 470 g/mol. The lowest BCUT2D eigenvalue weighted by atomic mass is 10.1. The topological polar surface area (TPSA) is 123 Å². The highest BCUT2D eigenvalue weighted by Crippen LogP contribution is 2.34. The third-order valence-corrected chi connectivity index (χ3v) is 5.52. The predicted molar refractivity (Wildman–Crippen MR) is 120 cm³/mol. The van der Waals surface area contributed by atoms with Crippen LogP contribution < -0.4 is 15.0 Å². The van der Waals surface area contributed by atoms with E-state index >= 15 is 0 Å². The molecule has 4 rings (SSSR count). The van der Waals surface area contributed by atoms with E-state index in [0.717, 1.165) is 6.26 Å². The summed E-state index contributed by atoms with van der Waals surface area (Å²) in [6, 6.07) is 12.2. The van der Waals surface area contributed by atoms with Gasteiger partial charge in [-0.3, -0.25) is 9.59 Å². The Labute approximate surface area is 187 Å². The molecule has 0 aliphatic carbocycles. The summed E-state index contributed by atoms with van der Waals surface area (Å²) in [4.78, 5) is 32.8. The van der Waals surface area contributed by atoms with Crippen molar-refractivity contribution in [2.45, 2.75) is 6.54 Å². The van der Waals surface area contributed by atoms with E-state index in [-0.39, 0.29) is 40.3 Å². The van der Waals surface area contributed by atoms with Gasteiger partial charge in [0, 0.05) is 23.4 Å². The second kappa shape index (κ2) is 8.51. The molecule has 0 radical (unpaired) electrons. The Morgan fingerprint density at radius 2 is 1.94 bits per heavy atom. The number of nitrogens with one attached hydrogen (secondary N) is 2. The van der Waals surface area contributed by atoms with Crippen LogP contribution in [0.3, 0.4) is 0 Å². The van der Waals surface area contributed by atoms with Crippen molar-refractivity contribution in [1.29, 1.82) is 0 Å². The van der Waals surface area contributed by atoms with Gasteiger partial charge in [-0.2, -0.15) is 0 Å². The van der Waals surface area contributed by atoms with Gasteiger partial charge in [0.15, 0.2) is 0 Å². The Kier molecular flexibility index (Phi) is 5.73. The van der Waals surface area contributed by atoms with Gasteiger partial charge < -0.3 is 14.3 Å². The molecular weight excluding hydrogens is 451 g/mol. The van der Waals surface area contributed by atoms with Gasteiger partial charge >= 0.3 is 0 Å². The number of halogens is 1. The number of carbonyl (C=O) groups excluding carboxylic acids is 1. The zero-order valence-corrected chi connectivity index (χ0v) is 18.4. The average Bonchev–Trinajstić information content (AvgIpc) is 3.08. The molecule has 0 saturated carbocycles. The van der Waals surface area contributed by atoms with Crippen LogP contribution in [0, 0.1) is 5.82 Å². The maximum Gasteiger partial charge on any atom is 0.282 e. The molecule has 0 fully saturated rings. The van der Waals surface area contributed by atoms with Crippen LogP contribution in [0.15, 0.2) is 59.5 Å². The van der Waals surface area contributed by atoms with E-state index in [1.807, 2.05) is 4.72 Å². The molecule has 11 heteroatoms. The molecular formula is C22H19FN4O5S. The number of amides is 1. The van der Waals surface area contributed by atoms with E-state index in [9.17, 15) is 22.4 Å². The zero-order chi connectivity index (χ0) is 23.8. The molecule has 170 valence electrons.